The van der Waals surface area contributed by atoms with E-state index in [-0.39, 0.29) is 42.7 Å². The summed E-state index contributed by atoms with van der Waals surface area (Å²) < 4.78 is 6.76. The van der Waals surface area contributed by atoms with Gasteiger partial charge in [-0.15, -0.1) is 6.58 Å². The zero-order chi connectivity index (χ0) is 31.7. The third-order valence-corrected chi connectivity index (χ3v) is 10.3. The molecule has 1 fully saturated rings. The van der Waals surface area contributed by atoms with Crippen LogP contribution in [0.5, 0.6) is 0 Å². The lowest BCUT2D eigenvalue weighted by atomic mass is 9.82. The van der Waals surface area contributed by atoms with Crippen LogP contribution in [0, 0.1) is 5.92 Å². The molecule has 1 spiro atoms. The number of amides is 3. The largest absolute Gasteiger partial charge is 0.394 e. The first-order chi connectivity index (χ1) is 22.3. The molecule has 4 aliphatic rings. The van der Waals surface area contributed by atoms with E-state index < -0.39 is 11.7 Å². The van der Waals surface area contributed by atoms with Gasteiger partial charge >= 0.3 is 0 Å². The van der Waals surface area contributed by atoms with E-state index in [4.69, 9.17) is 4.74 Å². The molecule has 4 aromatic rings. The second-order valence-electron chi connectivity index (χ2n) is 12.9. The highest BCUT2D eigenvalue weighted by Gasteiger charge is 2.60. The third kappa shape index (κ3) is 4.03. The highest BCUT2D eigenvalue weighted by molar-refractivity contribution is 6.28. The molecule has 0 unspecified atom stereocenters. The molecule has 1 N–H and O–H groups in total. The smallest absolute Gasteiger partial charge is 0.264 e. The normalized spacial score (nSPS) is 24.7. The highest BCUT2D eigenvalue weighted by atomic mass is 16.5. The molecule has 0 aliphatic carbocycles. The Bertz CT molecular complexity index is 1950. The van der Waals surface area contributed by atoms with E-state index in [1.54, 1.807) is 20.8 Å². The summed E-state index contributed by atoms with van der Waals surface area (Å²) in [7, 11) is 0. The molecule has 8 nitrogen and oxygen atoms in total. The van der Waals surface area contributed by atoms with E-state index in [1.165, 1.54) is 0 Å². The van der Waals surface area contributed by atoms with Gasteiger partial charge in [0.2, 0.25) is 5.91 Å². The van der Waals surface area contributed by atoms with Crippen molar-refractivity contribution in [2.24, 2.45) is 5.92 Å². The van der Waals surface area contributed by atoms with Crippen molar-refractivity contribution in [3.8, 4) is 0 Å². The fourth-order valence-corrected chi connectivity index (χ4v) is 8.16. The summed E-state index contributed by atoms with van der Waals surface area (Å²) in [6.07, 6.45) is 2.43. The number of carbonyl (C=O) groups excluding carboxylic acids is 3. The minimum absolute atomic E-state index is 0.0984. The predicted octanol–water partition coefficient (Wildman–Crippen LogP) is 5.62. The van der Waals surface area contributed by atoms with Crippen molar-refractivity contribution in [3.63, 3.8) is 0 Å². The molecular formula is C38H35N3O5. The van der Waals surface area contributed by atoms with Crippen LogP contribution < -0.4 is 9.80 Å². The Labute approximate surface area is 267 Å². The van der Waals surface area contributed by atoms with Crippen LogP contribution in [-0.4, -0.2) is 53.0 Å². The second kappa shape index (κ2) is 10.6. The van der Waals surface area contributed by atoms with E-state index >= 15 is 0 Å². The molecule has 8 heteroatoms. The molecule has 0 radical (unpaired) electrons. The van der Waals surface area contributed by atoms with Gasteiger partial charge in [0.25, 0.3) is 11.8 Å². The Balaban J connectivity index is 1.13. The molecular weight excluding hydrogens is 578 g/mol. The van der Waals surface area contributed by atoms with E-state index in [1.807, 2.05) is 85.8 Å². The van der Waals surface area contributed by atoms with Gasteiger partial charge in [0, 0.05) is 35.6 Å². The zero-order valence-corrected chi connectivity index (χ0v) is 25.7. The van der Waals surface area contributed by atoms with Crippen LogP contribution >= 0.6 is 0 Å². The number of hydrogen-bond acceptors (Lipinski definition) is 5. The van der Waals surface area contributed by atoms with E-state index in [2.05, 4.69) is 6.58 Å². The number of carbonyl (C=O) groups is 3. The van der Waals surface area contributed by atoms with Gasteiger partial charge < -0.3 is 19.6 Å². The Hall–Kier alpha value is -4.79. The fraction of sp³-hybridized carbons (Fsp3) is 0.289. The van der Waals surface area contributed by atoms with Gasteiger partial charge in [-0.3, -0.25) is 19.3 Å². The average molecular weight is 614 g/mol. The van der Waals surface area contributed by atoms with Crippen molar-refractivity contribution in [1.82, 2.24) is 4.90 Å². The van der Waals surface area contributed by atoms with Crippen molar-refractivity contribution in [3.05, 3.63) is 114 Å². The first-order valence-corrected chi connectivity index (χ1v) is 15.9. The first kappa shape index (κ1) is 28.7. The first-order valence-electron chi connectivity index (χ1n) is 15.9. The van der Waals surface area contributed by atoms with E-state index in [0.717, 1.165) is 33.3 Å². The lowest BCUT2D eigenvalue weighted by Crippen LogP contribution is -2.47. The highest BCUT2D eigenvalue weighted by Crippen LogP contribution is 2.55. The molecule has 4 atom stereocenters. The summed E-state index contributed by atoms with van der Waals surface area (Å²) in [5.41, 5.74) is 4.48. The van der Waals surface area contributed by atoms with E-state index in [9.17, 15) is 19.5 Å². The molecule has 8 rings (SSSR count). The average Bonchev–Trinajstić information content (AvgIpc) is 3.64. The quantitative estimate of drug-likeness (QED) is 0.285. The topological polar surface area (TPSA) is 90.4 Å². The maximum absolute atomic E-state index is 14.3. The number of nitrogens with zero attached hydrogens (tertiary/aromatic N) is 3. The minimum atomic E-state index is -1.30. The van der Waals surface area contributed by atoms with Crippen LogP contribution in [0.2, 0.25) is 0 Å². The number of aliphatic hydroxyl groups excluding tert-OH is 1. The van der Waals surface area contributed by atoms with Gasteiger partial charge in [-0.1, -0.05) is 61.5 Å². The molecule has 4 aliphatic heterocycles. The van der Waals surface area contributed by atoms with Crippen molar-refractivity contribution < 1.29 is 24.2 Å². The summed E-state index contributed by atoms with van der Waals surface area (Å²) in [4.78, 5) is 47.1. The molecule has 0 saturated carbocycles. The Morgan fingerprint density at radius 1 is 1.02 bits per heavy atom. The second-order valence-corrected chi connectivity index (χ2v) is 12.9. The summed E-state index contributed by atoms with van der Waals surface area (Å²) in [5.74, 6) is -0.621. The van der Waals surface area contributed by atoms with Crippen LogP contribution in [0.1, 0.15) is 46.8 Å². The van der Waals surface area contributed by atoms with Crippen molar-refractivity contribution in [2.45, 2.75) is 50.5 Å². The minimum Gasteiger partial charge on any atom is -0.394 e. The van der Waals surface area contributed by atoms with Gasteiger partial charge in [0.1, 0.15) is 0 Å². The Kier molecular flexibility index (Phi) is 6.63. The number of hydrogen-bond donors (Lipinski definition) is 1. The summed E-state index contributed by atoms with van der Waals surface area (Å²) in [5, 5.41) is 12.1. The number of anilines is 3. The van der Waals surface area contributed by atoms with Crippen molar-refractivity contribution >= 4 is 45.6 Å². The predicted molar refractivity (Wildman–Crippen MR) is 176 cm³/mol. The number of ether oxygens (including phenoxy) is 1. The van der Waals surface area contributed by atoms with Crippen molar-refractivity contribution in [1.29, 1.82) is 0 Å². The summed E-state index contributed by atoms with van der Waals surface area (Å²) >= 11 is 0. The molecule has 0 aromatic heterocycles. The summed E-state index contributed by atoms with van der Waals surface area (Å²) in [6.45, 7) is 6.51. The lowest BCUT2D eigenvalue weighted by molar-refractivity contribution is -0.150. The molecule has 4 aromatic carbocycles. The number of benzene rings is 4. The number of rotatable bonds is 6. The van der Waals surface area contributed by atoms with Gasteiger partial charge in [-0.25, -0.2) is 0 Å². The van der Waals surface area contributed by atoms with Gasteiger partial charge in [-0.2, -0.15) is 0 Å². The zero-order valence-electron chi connectivity index (χ0n) is 25.7. The molecule has 4 heterocycles. The monoisotopic (exact) mass is 613 g/mol. The fourth-order valence-electron chi connectivity index (χ4n) is 8.16. The lowest BCUT2D eigenvalue weighted by Gasteiger charge is -2.36. The van der Waals surface area contributed by atoms with E-state index in [0.29, 0.717) is 42.7 Å². The Morgan fingerprint density at radius 3 is 2.59 bits per heavy atom. The standard InChI is InChI=1S/C38H35N3O5/c1-3-16-39-32-15-14-27(41-33-13-7-11-24-10-6-12-30(35(24)33)36(41)44)19-31(32)38(37(39)45)23(2)17-29(46-38)20-34(43)40-21-26-9-5-4-8-25(26)18-28(40)22-42/h3-15,19,23,28-29,42H,1,16-18,20-22H2,2H3/t23-,28-,29-,38+/m0/s1. The van der Waals surface area contributed by atoms with Gasteiger partial charge in [0.15, 0.2) is 5.60 Å². The van der Waals surface area contributed by atoms with Gasteiger partial charge in [0.05, 0.1) is 42.1 Å². The van der Waals surface area contributed by atoms with Gasteiger partial charge in [-0.05, 0) is 59.7 Å². The SMILES string of the molecule is C=CCN1C(=O)[C@]2(O[C@H](CC(=O)N3Cc4ccccc4C[C@H]3CO)C[C@@H]2C)c2cc(N3C(=O)c4cccc5cccc3c45)ccc21. The molecule has 1 saturated heterocycles. The Morgan fingerprint density at radius 2 is 1.80 bits per heavy atom. The molecule has 232 valence electrons. The maximum Gasteiger partial charge on any atom is 0.264 e. The number of fused-ring (bicyclic) bond motifs is 3. The van der Waals surface area contributed by atoms with Crippen LogP contribution in [0.3, 0.4) is 0 Å². The summed E-state index contributed by atoms with van der Waals surface area (Å²) in [6, 6.07) is 25.1. The molecule has 46 heavy (non-hydrogen) atoms. The maximum atomic E-state index is 14.3. The van der Waals surface area contributed by atoms with Crippen LogP contribution in [-0.2, 0) is 32.9 Å². The van der Waals surface area contributed by atoms with Crippen LogP contribution in [0.15, 0.2) is 91.5 Å². The van der Waals surface area contributed by atoms with Crippen LogP contribution in [0.25, 0.3) is 10.8 Å². The third-order valence-electron chi connectivity index (χ3n) is 10.3. The van der Waals surface area contributed by atoms with Crippen molar-refractivity contribution in [2.75, 3.05) is 23.0 Å². The number of aliphatic hydroxyl groups is 1. The van der Waals surface area contributed by atoms with Crippen LogP contribution in [0.4, 0.5) is 17.1 Å². The molecule has 3 amide bonds. The molecule has 0 bridgehead atoms.